The monoisotopic (exact) mass is 421 g/mol. The molecule has 1 N–H and O–H groups in total. The van der Waals surface area contributed by atoms with E-state index < -0.39 is 0 Å². The number of nitrogens with zero attached hydrogens (tertiary/aromatic N) is 1. The van der Waals surface area contributed by atoms with E-state index in [0.717, 1.165) is 16.6 Å². The Balaban J connectivity index is 2.04. The molecule has 0 fully saturated rings. The van der Waals surface area contributed by atoms with Crippen LogP contribution in [0.15, 0.2) is 77.4 Å². The second-order valence-corrected chi connectivity index (χ2v) is 6.93. The Bertz CT molecular complexity index is 1150. The zero-order valence-electron chi connectivity index (χ0n) is 14.5. The number of pyridine rings is 1. The van der Waals surface area contributed by atoms with Crippen LogP contribution in [0.1, 0.15) is 16.1 Å². The highest BCUT2D eigenvalue weighted by Gasteiger charge is 2.26. The Morgan fingerprint density at radius 2 is 1.78 bits per heavy atom. The van der Waals surface area contributed by atoms with Crippen LogP contribution in [0.3, 0.4) is 0 Å². The zero-order valence-corrected chi connectivity index (χ0v) is 16.1. The summed E-state index contributed by atoms with van der Waals surface area (Å²) in [5, 5.41) is 9.76. The van der Waals surface area contributed by atoms with E-state index in [9.17, 15) is 9.90 Å². The van der Waals surface area contributed by atoms with E-state index in [1.807, 2.05) is 59.1 Å². The van der Waals surface area contributed by atoms with Gasteiger partial charge in [-0.05, 0) is 51.8 Å². The average molecular weight is 422 g/mol. The quantitative estimate of drug-likeness (QED) is 0.454. The van der Waals surface area contributed by atoms with Crippen molar-refractivity contribution in [3.63, 3.8) is 0 Å². The number of aromatic nitrogens is 1. The molecule has 0 saturated carbocycles. The lowest BCUT2D eigenvalue weighted by Gasteiger charge is -2.08. The molecule has 134 valence electrons. The number of hydrogen-bond acceptors (Lipinski definition) is 3. The van der Waals surface area contributed by atoms with Crippen molar-refractivity contribution in [1.29, 1.82) is 0 Å². The van der Waals surface area contributed by atoms with Crippen LogP contribution < -0.4 is 4.74 Å². The highest BCUT2D eigenvalue weighted by atomic mass is 79.9. The predicted octanol–water partition coefficient (Wildman–Crippen LogP) is 5.31. The number of methoxy groups -OCH3 is 1. The number of phenols is 1. The smallest absolute Gasteiger partial charge is 0.210 e. The third kappa shape index (κ3) is 2.90. The summed E-state index contributed by atoms with van der Waals surface area (Å²) in [6.45, 7) is 0. The zero-order chi connectivity index (χ0) is 19.0. The summed E-state index contributed by atoms with van der Waals surface area (Å²) in [5.41, 5.74) is 3.46. The SMILES string of the molecule is COc1c(-c2ccccc2)c(C(=O)c2ccc(O)c(Br)c2)n2ccccc12. The summed E-state index contributed by atoms with van der Waals surface area (Å²) >= 11 is 3.29. The number of carbonyl (C=O) groups is 1. The van der Waals surface area contributed by atoms with Crippen molar-refractivity contribution >= 4 is 27.2 Å². The molecule has 0 saturated heterocycles. The predicted molar refractivity (Wildman–Crippen MR) is 109 cm³/mol. The summed E-state index contributed by atoms with van der Waals surface area (Å²) in [6.07, 6.45) is 1.85. The lowest BCUT2D eigenvalue weighted by Crippen LogP contribution is -2.07. The topological polar surface area (TPSA) is 50.9 Å². The molecule has 27 heavy (non-hydrogen) atoms. The average Bonchev–Trinajstić information content (AvgIpc) is 3.04. The number of ketones is 1. The summed E-state index contributed by atoms with van der Waals surface area (Å²) < 4.78 is 8.03. The van der Waals surface area contributed by atoms with Gasteiger partial charge < -0.3 is 14.2 Å². The number of fused-ring (bicyclic) bond motifs is 1. The fourth-order valence-electron chi connectivity index (χ4n) is 3.27. The van der Waals surface area contributed by atoms with Crippen molar-refractivity contribution in [2.45, 2.75) is 0 Å². The number of hydrogen-bond donors (Lipinski definition) is 1. The first kappa shape index (κ1) is 17.4. The Hall–Kier alpha value is -3.05. The van der Waals surface area contributed by atoms with Gasteiger partial charge in [-0.2, -0.15) is 0 Å². The molecule has 0 atom stereocenters. The van der Waals surface area contributed by atoms with Crippen molar-refractivity contribution in [2.75, 3.05) is 7.11 Å². The molecule has 0 aliphatic heterocycles. The van der Waals surface area contributed by atoms with Crippen LogP contribution >= 0.6 is 15.9 Å². The second-order valence-electron chi connectivity index (χ2n) is 6.07. The summed E-state index contributed by atoms with van der Waals surface area (Å²) in [4.78, 5) is 13.5. The number of halogens is 1. The van der Waals surface area contributed by atoms with Crippen molar-refractivity contribution in [3.05, 3.63) is 88.7 Å². The largest absolute Gasteiger partial charge is 0.507 e. The molecule has 2 aromatic carbocycles. The molecule has 4 rings (SSSR count). The van der Waals surface area contributed by atoms with Gasteiger partial charge in [0.25, 0.3) is 0 Å². The van der Waals surface area contributed by atoms with Gasteiger partial charge >= 0.3 is 0 Å². The minimum Gasteiger partial charge on any atom is -0.507 e. The lowest BCUT2D eigenvalue weighted by molar-refractivity contribution is 0.103. The van der Waals surface area contributed by atoms with E-state index in [1.54, 1.807) is 19.2 Å². The Morgan fingerprint density at radius 1 is 1.04 bits per heavy atom. The maximum Gasteiger partial charge on any atom is 0.210 e. The molecular weight excluding hydrogens is 406 g/mol. The van der Waals surface area contributed by atoms with Gasteiger partial charge in [-0.3, -0.25) is 4.79 Å². The molecule has 0 unspecified atom stereocenters. The third-order valence-corrected chi connectivity index (χ3v) is 5.12. The Labute approximate surface area is 164 Å². The van der Waals surface area contributed by atoms with Crippen LogP contribution in [0.4, 0.5) is 0 Å². The van der Waals surface area contributed by atoms with Crippen LogP contribution in [0.25, 0.3) is 16.6 Å². The molecule has 0 aliphatic carbocycles. The molecule has 0 amide bonds. The minimum atomic E-state index is -0.154. The molecule has 5 heteroatoms. The third-order valence-electron chi connectivity index (χ3n) is 4.49. The molecule has 4 nitrogen and oxygen atoms in total. The fraction of sp³-hybridized carbons (Fsp3) is 0.0455. The minimum absolute atomic E-state index is 0.0902. The maximum atomic E-state index is 13.5. The standard InChI is InChI=1S/C22H16BrNO3/c1-27-22-17-9-5-6-12-24(17)20(19(22)14-7-3-2-4-8-14)21(26)15-10-11-18(25)16(23)13-15/h2-13,25H,1H3. The van der Waals surface area contributed by atoms with Crippen LogP contribution in [0, 0.1) is 0 Å². The number of benzene rings is 2. The van der Waals surface area contributed by atoms with E-state index >= 15 is 0 Å². The van der Waals surface area contributed by atoms with Crippen LogP contribution in [0.2, 0.25) is 0 Å². The summed E-state index contributed by atoms with van der Waals surface area (Å²) in [7, 11) is 1.61. The highest BCUT2D eigenvalue weighted by Crippen LogP contribution is 2.40. The first-order valence-corrected chi connectivity index (χ1v) is 9.16. The van der Waals surface area contributed by atoms with Gasteiger partial charge in [0.1, 0.15) is 11.4 Å². The fourth-order valence-corrected chi connectivity index (χ4v) is 3.65. The highest BCUT2D eigenvalue weighted by molar-refractivity contribution is 9.10. The number of phenolic OH excluding ortho intramolecular Hbond substituents is 1. The number of aromatic hydroxyl groups is 1. The molecule has 0 radical (unpaired) electrons. The van der Waals surface area contributed by atoms with E-state index in [4.69, 9.17) is 4.74 Å². The molecule has 0 spiro atoms. The number of ether oxygens (including phenoxy) is 1. The Morgan fingerprint density at radius 3 is 2.48 bits per heavy atom. The second kappa shape index (κ2) is 6.93. The van der Waals surface area contributed by atoms with Crippen molar-refractivity contribution in [1.82, 2.24) is 4.40 Å². The van der Waals surface area contributed by atoms with E-state index in [1.165, 1.54) is 6.07 Å². The van der Waals surface area contributed by atoms with Gasteiger partial charge in [0, 0.05) is 11.8 Å². The summed E-state index contributed by atoms with van der Waals surface area (Å²) in [5.74, 6) is 0.592. The maximum absolute atomic E-state index is 13.5. The molecule has 0 aliphatic rings. The summed E-state index contributed by atoms with van der Waals surface area (Å²) in [6, 6.07) is 20.2. The van der Waals surface area contributed by atoms with Crippen molar-refractivity contribution < 1.29 is 14.6 Å². The van der Waals surface area contributed by atoms with Gasteiger partial charge in [-0.1, -0.05) is 36.4 Å². The normalized spacial score (nSPS) is 10.9. The van der Waals surface area contributed by atoms with E-state index in [2.05, 4.69) is 15.9 Å². The first-order valence-electron chi connectivity index (χ1n) is 8.37. The molecular formula is C22H16BrNO3. The van der Waals surface area contributed by atoms with Gasteiger partial charge in [0.2, 0.25) is 5.78 Å². The molecule has 2 aromatic heterocycles. The van der Waals surface area contributed by atoms with Crippen molar-refractivity contribution in [2.24, 2.45) is 0 Å². The van der Waals surface area contributed by atoms with Crippen molar-refractivity contribution in [3.8, 4) is 22.6 Å². The van der Waals surface area contributed by atoms with Crippen LogP contribution in [0.5, 0.6) is 11.5 Å². The van der Waals surface area contributed by atoms with Crippen LogP contribution in [-0.2, 0) is 0 Å². The van der Waals surface area contributed by atoms with Gasteiger partial charge in [-0.15, -0.1) is 0 Å². The molecule has 4 aromatic rings. The number of rotatable bonds is 4. The van der Waals surface area contributed by atoms with E-state index in [-0.39, 0.29) is 11.5 Å². The number of carbonyl (C=O) groups excluding carboxylic acids is 1. The Kier molecular flexibility index (Phi) is 4.46. The lowest BCUT2D eigenvalue weighted by atomic mass is 9.99. The van der Waals surface area contributed by atoms with E-state index in [0.29, 0.717) is 21.5 Å². The first-order chi connectivity index (χ1) is 13.1. The van der Waals surface area contributed by atoms with Crippen LogP contribution in [-0.4, -0.2) is 22.4 Å². The van der Waals surface area contributed by atoms with Gasteiger partial charge in [0.05, 0.1) is 22.7 Å². The van der Waals surface area contributed by atoms with Gasteiger partial charge in [0.15, 0.2) is 5.75 Å². The van der Waals surface area contributed by atoms with Gasteiger partial charge in [-0.25, -0.2) is 0 Å². The molecule has 2 heterocycles. The molecule has 0 bridgehead atoms.